The van der Waals surface area contributed by atoms with Crippen molar-refractivity contribution in [2.45, 2.75) is 47.2 Å². The van der Waals surface area contributed by atoms with E-state index < -0.39 is 0 Å². The summed E-state index contributed by atoms with van der Waals surface area (Å²) >= 11 is 2.27. The molecule has 2 aliphatic carbocycles. The molecule has 0 aliphatic heterocycles. The molecule has 0 N–H and O–H groups in total. The summed E-state index contributed by atoms with van der Waals surface area (Å²) in [6.07, 6.45) is 4.53. The van der Waals surface area contributed by atoms with Crippen molar-refractivity contribution < 1.29 is 44.0 Å². The normalized spacial score (nSPS) is 15.4. The monoisotopic (exact) mass is 462 g/mol. The molecule has 148 valence electrons. The Morgan fingerprint density at radius 1 is 0.964 bits per heavy atom. The molecular formula is C24H28Cl2SiTi-2. The second-order valence-corrected chi connectivity index (χ2v) is 13.9. The fourth-order valence-electron chi connectivity index (χ4n) is 3.16. The van der Waals surface area contributed by atoms with Gasteiger partial charge in [0.2, 0.25) is 0 Å². The zero-order valence-corrected chi connectivity index (χ0v) is 21.7. The molecule has 0 bridgehead atoms. The summed E-state index contributed by atoms with van der Waals surface area (Å²) < 4.78 is 0. The van der Waals surface area contributed by atoms with Crippen LogP contribution in [0.2, 0.25) is 13.1 Å². The van der Waals surface area contributed by atoms with E-state index in [1.807, 2.05) is 6.07 Å². The summed E-state index contributed by atoms with van der Waals surface area (Å²) in [5.74, 6) is 0.560. The molecule has 1 atom stereocenters. The van der Waals surface area contributed by atoms with Gasteiger partial charge in [-0.3, -0.25) is 6.08 Å². The van der Waals surface area contributed by atoms with Crippen molar-refractivity contribution in [3.05, 3.63) is 82.5 Å². The number of halogens is 2. The maximum Gasteiger partial charge on any atom is -0.0253 e. The number of benzene rings is 2. The van der Waals surface area contributed by atoms with Gasteiger partial charge in [-0.1, -0.05) is 62.1 Å². The molecule has 0 saturated heterocycles. The smallest absolute Gasteiger partial charge is 0.0253 e. The predicted octanol–water partition coefficient (Wildman–Crippen LogP) is 0.572. The van der Waals surface area contributed by atoms with E-state index in [9.17, 15) is 0 Å². The third kappa shape index (κ3) is 7.35. The van der Waals surface area contributed by atoms with E-state index in [1.54, 1.807) is 0 Å². The third-order valence-corrected chi connectivity index (χ3v) is 4.85. The number of hydrogen-bond donors (Lipinski definition) is 0. The van der Waals surface area contributed by atoms with Crippen LogP contribution in [-0.2, 0) is 25.6 Å². The van der Waals surface area contributed by atoms with Crippen molar-refractivity contribution >= 4 is 6.19 Å². The molecule has 2 aromatic carbocycles. The first-order chi connectivity index (χ1) is 12.3. The predicted molar refractivity (Wildman–Crippen MR) is 111 cm³/mol. The van der Waals surface area contributed by atoms with Gasteiger partial charge in [-0.15, -0.1) is 12.5 Å². The zero-order chi connectivity index (χ0) is 19.3. The van der Waals surface area contributed by atoms with Gasteiger partial charge in [0, 0.05) is 0 Å². The summed E-state index contributed by atoms with van der Waals surface area (Å²) in [4.78, 5) is 0. The molecule has 28 heavy (non-hydrogen) atoms. The van der Waals surface area contributed by atoms with Gasteiger partial charge < -0.3 is 24.8 Å². The van der Waals surface area contributed by atoms with Crippen LogP contribution in [-0.4, -0.2) is 6.19 Å². The van der Waals surface area contributed by atoms with Gasteiger partial charge in [0.15, 0.2) is 0 Å². The second kappa shape index (κ2) is 12.9. The summed E-state index contributed by atoms with van der Waals surface area (Å²) in [6, 6.07) is 18.1. The Morgan fingerprint density at radius 3 is 2.04 bits per heavy atom. The molecule has 0 amide bonds. The van der Waals surface area contributed by atoms with E-state index in [0.29, 0.717) is 5.92 Å². The molecule has 0 spiro atoms. The van der Waals surface area contributed by atoms with E-state index in [1.165, 1.54) is 39.0 Å². The van der Waals surface area contributed by atoms with Crippen LogP contribution in [0.15, 0.2) is 59.2 Å². The molecule has 0 saturated carbocycles. The average Bonchev–Trinajstić information content (AvgIpc) is 3.08. The van der Waals surface area contributed by atoms with Crippen molar-refractivity contribution in [3.8, 4) is 11.1 Å². The van der Waals surface area contributed by atoms with Gasteiger partial charge in [0.25, 0.3) is 0 Å². The second-order valence-electron chi connectivity index (χ2n) is 7.20. The van der Waals surface area contributed by atoms with E-state index in [0.717, 1.165) is 6.42 Å². The summed E-state index contributed by atoms with van der Waals surface area (Å²) in [5.41, 5.74) is 9.76. The molecule has 0 radical (unpaired) electrons. The topological polar surface area (TPSA) is 0 Å². The van der Waals surface area contributed by atoms with Crippen LogP contribution < -0.4 is 24.8 Å². The first-order valence-corrected chi connectivity index (χ1v) is 14.0. The van der Waals surface area contributed by atoms with Crippen LogP contribution >= 0.6 is 0 Å². The van der Waals surface area contributed by atoms with E-state index >= 15 is 0 Å². The molecule has 4 heteroatoms. The van der Waals surface area contributed by atoms with Crippen molar-refractivity contribution in [2.24, 2.45) is 5.92 Å². The van der Waals surface area contributed by atoms with Gasteiger partial charge in [-0.2, -0.15) is 41.0 Å². The maximum absolute atomic E-state index is 3.36. The third-order valence-electron chi connectivity index (χ3n) is 4.85. The van der Waals surface area contributed by atoms with E-state index in [2.05, 4.69) is 109 Å². The van der Waals surface area contributed by atoms with E-state index in [-0.39, 0.29) is 31.0 Å². The largest absolute Gasteiger partial charge is 1.00 e. The van der Waals surface area contributed by atoms with Crippen molar-refractivity contribution in [2.75, 3.05) is 0 Å². The number of allylic oxidation sites excluding steroid dienone is 4. The standard InChI is InChI=1S/C13H9.C9H13.C2H6Si.2ClH.Ti/c1-3-7-12-10(5-1)9-11-6-2-4-8-13(11)12;1-6-5-7(2)9(4)8(6)3;1-3-2;;;/h1-5,7-8H,9H2;6H,1-4H3;1-2H3;2*1H;/q2*-1;;;;+2/p-2. The Balaban J connectivity index is 0.000000432. The minimum atomic E-state index is 0. The van der Waals surface area contributed by atoms with Gasteiger partial charge in [-0.05, 0) is 6.42 Å². The van der Waals surface area contributed by atoms with Gasteiger partial charge in [-0.25, -0.2) is 5.57 Å². The molecule has 0 fully saturated rings. The first kappa shape index (κ1) is 27.4. The van der Waals surface area contributed by atoms with Crippen LogP contribution in [0.3, 0.4) is 0 Å². The fraction of sp³-hybridized carbons (Fsp3) is 0.333. The SMILES string of the molecule is CC1=[C-]C(C)C(C)=C1C.C[Si](C)=[Ti+2].[Cl-].[Cl-].[c-]1cccc2c1Cc1ccccc1-2. The molecule has 1 unspecified atom stereocenters. The van der Waals surface area contributed by atoms with Crippen LogP contribution in [0.25, 0.3) is 11.1 Å². The molecular weight excluding hydrogens is 435 g/mol. The zero-order valence-electron chi connectivity index (χ0n) is 17.6. The van der Waals surface area contributed by atoms with E-state index in [4.69, 9.17) is 0 Å². The minimum absolute atomic E-state index is 0. The number of rotatable bonds is 0. The van der Waals surface area contributed by atoms with Crippen molar-refractivity contribution in [3.63, 3.8) is 0 Å². The number of fused-ring (bicyclic) bond motifs is 3. The Bertz CT molecular complexity index is 821. The van der Waals surface area contributed by atoms with Crippen molar-refractivity contribution in [1.29, 1.82) is 0 Å². The Hall–Kier alpha value is -0.569. The molecule has 2 aromatic rings. The van der Waals surface area contributed by atoms with Gasteiger partial charge in [0.05, 0.1) is 0 Å². The first-order valence-electron chi connectivity index (χ1n) is 9.18. The van der Waals surface area contributed by atoms with Crippen LogP contribution in [0.4, 0.5) is 0 Å². The van der Waals surface area contributed by atoms with Crippen LogP contribution in [0.1, 0.15) is 38.8 Å². The average molecular weight is 463 g/mol. The molecule has 0 nitrogen and oxygen atoms in total. The molecule has 0 aromatic heterocycles. The molecule has 4 rings (SSSR count). The fourth-order valence-corrected chi connectivity index (χ4v) is 3.16. The van der Waals surface area contributed by atoms with Crippen molar-refractivity contribution in [1.82, 2.24) is 0 Å². The number of hydrogen-bond acceptors (Lipinski definition) is 0. The van der Waals surface area contributed by atoms with Crippen LogP contribution in [0, 0.1) is 18.1 Å². The quantitative estimate of drug-likeness (QED) is 0.338. The summed E-state index contributed by atoms with van der Waals surface area (Å²) in [5, 5.41) is 0. The Labute approximate surface area is 195 Å². The van der Waals surface area contributed by atoms with Gasteiger partial charge in [0.1, 0.15) is 0 Å². The Kier molecular flexibility index (Phi) is 12.6. The molecule has 0 heterocycles. The van der Waals surface area contributed by atoms with Crippen LogP contribution in [0.5, 0.6) is 0 Å². The summed E-state index contributed by atoms with van der Waals surface area (Å²) in [7, 11) is 0. The maximum atomic E-state index is 3.36. The van der Waals surface area contributed by atoms with Gasteiger partial charge >= 0.3 is 38.5 Å². The Morgan fingerprint density at radius 2 is 1.54 bits per heavy atom. The summed E-state index contributed by atoms with van der Waals surface area (Å²) in [6.45, 7) is 13.2. The molecule has 2 aliphatic rings. The minimum Gasteiger partial charge on any atom is -1.00 e.